The van der Waals surface area contributed by atoms with Crippen molar-refractivity contribution < 1.29 is 14.3 Å². The van der Waals surface area contributed by atoms with Crippen LogP contribution < -0.4 is 0 Å². The molecule has 0 unspecified atom stereocenters. The van der Waals surface area contributed by atoms with Crippen LogP contribution in [0.5, 0.6) is 0 Å². The topological polar surface area (TPSA) is 53.1 Å². The van der Waals surface area contributed by atoms with E-state index in [4.69, 9.17) is 4.74 Å². The van der Waals surface area contributed by atoms with Gasteiger partial charge in [-0.25, -0.2) is 4.79 Å². The molecule has 1 atom stereocenters. The summed E-state index contributed by atoms with van der Waals surface area (Å²) in [4.78, 5) is 29.5. The molecule has 0 aliphatic carbocycles. The van der Waals surface area contributed by atoms with Crippen LogP contribution in [-0.2, 0) is 9.53 Å². The second kappa shape index (κ2) is 7.00. The molecular formula is C17H23N3O3. The van der Waals surface area contributed by atoms with Gasteiger partial charge in [0.15, 0.2) is 0 Å². The van der Waals surface area contributed by atoms with E-state index in [1.807, 2.05) is 30.0 Å². The Balaban J connectivity index is 1.52. The summed E-state index contributed by atoms with van der Waals surface area (Å²) in [5, 5.41) is 0. The molecule has 0 N–H and O–H groups in total. The van der Waals surface area contributed by atoms with Crippen LogP contribution in [0.4, 0.5) is 4.79 Å². The van der Waals surface area contributed by atoms with Gasteiger partial charge in [-0.3, -0.25) is 9.69 Å². The SMILES string of the molecule is CCOC(=O)N1CCN(CN2C(=O)C[C@H]2c2ccccc2)CC1. The number of piperazine rings is 1. The molecule has 1 aromatic carbocycles. The van der Waals surface area contributed by atoms with E-state index in [1.165, 1.54) is 5.56 Å². The number of amides is 2. The van der Waals surface area contributed by atoms with Crippen LogP contribution >= 0.6 is 0 Å². The first-order chi connectivity index (χ1) is 11.2. The Labute approximate surface area is 136 Å². The van der Waals surface area contributed by atoms with Crippen molar-refractivity contribution in [1.29, 1.82) is 0 Å². The summed E-state index contributed by atoms with van der Waals surface area (Å²) in [5.41, 5.74) is 1.19. The Morgan fingerprint density at radius 2 is 1.87 bits per heavy atom. The van der Waals surface area contributed by atoms with Crippen molar-refractivity contribution in [3.63, 3.8) is 0 Å². The number of likely N-dealkylation sites (tertiary alicyclic amines) is 1. The number of carbonyl (C=O) groups excluding carboxylic acids is 2. The fraction of sp³-hybridized carbons (Fsp3) is 0.529. The van der Waals surface area contributed by atoms with Crippen molar-refractivity contribution in [2.24, 2.45) is 0 Å². The first-order valence-electron chi connectivity index (χ1n) is 8.17. The summed E-state index contributed by atoms with van der Waals surface area (Å²) in [5.74, 6) is 0.201. The number of hydrogen-bond acceptors (Lipinski definition) is 4. The highest BCUT2D eigenvalue weighted by atomic mass is 16.6. The molecule has 1 aromatic rings. The van der Waals surface area contributed by atoms with Crippen LogP contribution in [0.1, 0.15) is 24.9 Å². The van der Waals surface area contributed by atoms with Crippen LogP contribution in [0.15, 0.2) is 30.3 Å². The first kappa shape index (κ1) is 15.8. The molecule has 6 heteroatoms. The molecule has 0 aromatic heterocycles. The second-order valence-electron chi connectivity index (χ2n) is 5.94. The predicted octanol–water partition coefficient (Wildman–Crippen LogP) is 1.69. The highest BCUT2D eigenvalue weighted by Gasteiger charge is 2.38. The summed E-state index contributed by atoms with van der Waals surface area (Å²) < 4.78 is 5.03. The lowest BCUT2D eigenvalue weighted by Crippen LogP contribution is -2.56. The van der Waals surface area contributed by atoms with Crippen molar-refractivity contribution in [3.05, 3.63) is 35.9 Å². The molecule has 0 radical (unpaired) electrons. The minimum absolute atomic E-state index is 0.187. The standard InChI is InChI=1S/C17H23N3O3/c1-2-23-17(22)19-10-8-18(9-11-19)13-20-15(12-16(20)21)14-6-4-3-5-7-14/h3-7,15H,2,8-13H2,1H3/t15-/m0/s1. The second-order valence-corrected chi connectivity index (χ2v) is 5.94. The molecule has 2 fully saturated rings. The van der Waals surface area contributed by atoms with Gasteiger partial charge in [0.05, 0.1) is 25.7 Å². The lowest BCUT2D eigenvalue weighted by atomic mass is 9.94. The average molecular weight is 317 g/mol. The third kappa shape index (κ3) is 3.47. The molecule has 2 saturated heterocycles. The smallest absolute Gasteiger partial charge is 0.409 e. The van der Waals surface area contributed by atoms with E-state index in [0.29, 0.717) is 32.8 Å². The monoisotopic (exact) mass is 317 g/mol. The van der Waals surface area contributed by atoms with Crippen LogP contribution in [0.3, 0.4) is 0 Å². The number of β-lactam (4-membered cyclic amide) rings is 1. The maximum Gasteiger partial charge on any atom is 0.409 e. The first-order valence-corrected chi connectivity index (χ1v) is 8.17. The zero-order valence-electron chi connectivity index (χ0n) is 13.5. The molecule has 124 valence electrons. The third-order valence-corrected chi connectivity index (χ3v) is 4.50. The van der Waals surface area contributed by atoms with Gasteiger partial charge in [0, 0.05) is 26.2 Å². The number of ether oxygens (including phenoxy) is 1. The highest BCUT2D eigenvalue weighted by Crippen LogP contribution is 2.34. The summed E-state index contributed by atoms with van der Waals surface area (Å²) in [6, 6.07) is 10.3. The van der Waals surface area contributed by atoms with Gasteiger partial charge in [0.2, 0.25) is 5.91 Å². The normalized spacial score (nSPS) is 22.0. The number of benzene rings is 1. The van der Waals surface area contributed by atoms with Gasteiger partial charge in [0.25, 0.3) is 0 Å². The Kier molecular flexibility index (Phi) is 4.81. The van der Waals surface area contributed by atoms with E-state index in [2.05, 4.69) is 17.0 Å². The molecule has 2 aliphatic heterocycles. The minimum Gasteiger partial charge on any atom is -0.450 e. The van der Waals surface area contributed by atoms with Crippen LogP contribution in [0, 0.1) is 0 Å². The van der Waals surface area contributed by atoms with Crippen LogP contribution in [0.25, 0.3) is 0 Å². The predicted molar refractivity (Wildman–Crippen MR) is 85.7 cm³/mol. The Hall–Kier alpha value is -2.08. The molecule has 6 nitrogen and oxygen atoms in total. The van der Waals surface area contributed by atoms with Crippen molar-refractivity contribution in [1.82, 2.24) is 14.7 Å². The fourth-order valence-corrected chi connectivity index (χ4v) is 3.11. The molecule has 0 saturated carbocycles. The van der Waals surface area contributed by atoms with E-state index in [-0.39, 0.29) is 18.0 Å². The van der Waals surface area contributed by atoms with Gasteiger partial charge >= 0.3 is 6.09 Å². The van der Waals surface area contributed by atoms with Crippen molar-refractivity contribution in [2.75, 3.05) is 39.5 Å². The highest BCUT2D eigenvalue weighted by molar-refractivity contribution is 5.83. The number of rotatable bonds is 4. The van der Waals surface area contributed by atoms with Crippen LogP contribution in [-0.4, -0.2) is 66.2 Å². The van der Waals surface area contributed by atoms with E-state index >= 15 is 0 Å². The quantitative estimate of drug-likeness (QED) is 0.793. The lowest BCUT2D eigenvalue weighted by molar-refractivity contribution is -0.150. The molecule has 23 heavy (non-hydrogen) atoms. The van der Waals surface area contributed by atoms with Crippen molar-refractivity contribution in [2.45, 2.75) is 19.4 Å². The number of nitrogens with zero attached hydrogens (tertiary/aromatic N) is 3. The Bertz CT molecular complexity index is 555. The maximum absolute atomic E-state index is 12.0. The summed E-state index contributed by atoms with van der Waals surface area (Å²) >= 11 is 0. The summed E-state index contributed by atoms with van der Waals surface area (Å²) in [7, 11) is 0. The van der Waals surface area contributed by atoms with Gasteiger partial charge in [-0.1, -0.05) is 30.3 Å². The molecule has 2 amide bonds. The maximum atomic E-state index is 12.0. The zero-order chi connectivity index (χ0) is 16.2. The molecule has 2 heterocycles. The minimum atomic E-state index is -0.241. The molecular weight excluding hydrogens is 294 g/mol. The molecule has 3 rings (SSSR count). The zero-order valence-corrected chi connectivity index (χ0v) is 13.5. The van der Waals surface area contributed by atoms with E-state index in [0.717, 1.165) is 13.1 Å². The Morgan fingerprint density at radius 3 is 2.48 bits per heavy atom. The fourth-order valence-electron chi connectivity index (χ4n) is 3.11. The summed E-state index contributed by atoms with van der Waals surface area (Å²) in [6.07, 6.45) is 0.349. The van der Waals surface area contributed by atoms with Gasteiger partial charge in [-0.05, 0) is 12.5 Å². The average Bonchev–Trinajstić information content (AvgIpc) is 2.59. The lowest BCUT2D eigenvalue weighted by Gasteiger charge is -2.45. The van der Waals surface area contributed by atoms with E-state index in [9.17, 15) is 9.59 Å². The number of carbonyl (C=O) groups is 2. The van der Waals surface area contributed by atoms with Crippen molar-refractivity contribution >= 4 is 12.0 Å². The molecule has 0 bridgehead atoms. The van der Waals surface area contributed by atoms with E-state index < -0.39 is 0 Å². The van der Waals surface area contributed by atoms with Gasteiger partial charge in [0.1, 0.15) is 0 Å². The number of hydrogen-bond donors (Lipinski definition) is 0. The molecule has 0 spiro atoms. The van der Waals surface area contributed by atoms with Gasteiger partial charge in [-0.2, -0.15) is 0 Å². The van der Waals surface area contributed by atoms with Gasteiger partial charge < -0.3 is 14.5 Å². The van der Waals surface area contributed by atoms with E-state index in [1.54, 1.807) is 4.90 Å². The van der Waals surface area contributed by atoms with Crippen LogP contribution in [0.2, 0.25) is 0 Å². The molecule has 2 aliphatic rings. The third-order valence-electron chi connectivity index (χ3n) is 4.50. The van der Waals surface area contributed by atoms with Crippen molar-refractivity contribution in [3.8, 4) is 0 Å². The largest absolute Gasteiger partial charge is 0.450 e. The van der Waals surface area contributed by atoms with Gasteiger partial charge in [-0.15, -0.1) is 0 Å². The Morgan fingerprint density at radius 1 is 1.17 bits per heavy atom. The summed E-state index contributed by atoms with van der Waals surface area (Å²) in [6.45, 7) is 5.68.